The molecule has 0 amide bonds. The molecule has 1 rings (SSSR count). The zero-order valence-electron chi connectivity index (χ0n) is 9.06. The molecule has 90 valence electrons. The number of ether oxygens (including phenoxy) is 1. The van der Waals surface area contributed by atoms with Crippen molar-refractivity contribution in [3.05, 3.63) is 11.4 Å². The summed E-state index contributed by atoms with van der Waals surface area (Å²) in [4.78, 5) is 10.5. The Kier molecular flexibility index (Phi) is 4.48. The van der Waals surface area contributed by atoms with E-state index >= 15 is 0 Å². The lowest BCUT2D eigenvalue weighted by Gasteiger charge is -2.11. The van der Waals surface area contributed by atoms with Gasteiger partial charge in [0, 0.05) is 13.7 Å². The molecule has 0 aliphatic rings. The molecule has 0 N–H and O–H groups in total. The fourth-order valence-corrected chi connectivity index (χ4v) is 1.41. The molecule has 1 unspecified atom stereocenters. The first kappa shape index (κ1) is 12.7. The van der Waals surface area contributed by atoms with Gasteiger partial charge in [-0.25, -0.2) is 13.5 Å². The first-order valence-corrected chi connectivity index (χ1v) is 4.75. The first-order valence-electron chi connectivity index (χ1n) is 4.75. The van der Waals surface area contributed by atoms with Crippen LogP contribution in [0.3, 0.4) is 0 Å². The van der Waals surface area contributed by atoms with E-state index in [9.17, 15) is 13.6 Å². The normalized spacial score (nSPS) is 13.1. The standard InChI is InChI=1S/C9H13F2N3O2/c1-6(5-16-2)3-14-8(9(10)11)7(4-15)12-13-14/h4,6,9H,3,5H2,1-2H3. The molecule has 0 saturated carbocycles. The van der Waals surface area contributed by atoms with E-state index in [-0.39, 0.29) is 24.4 Å². The zero-order chi connectivity index (χ0) is 12.1. The second kappa shape index (κ2) is 5.64. The summed E-state index contributed by atoms with van der Waals surface area (Å²) >= 11 is 0. The van der Waals surface area contributed by atoms with Crippen LogP contribution < -0.4 is 0 Å². The highest BCUT2D eigenvalue weighted by Gasteiger charge is 2.22. The van der Waals surface area contributed by atoms with Crippen LogP contribution in [0.2, 0.25) is 0 Å². The highest BCUT2D eigenvalue weighted by atomic mass is 19.3. The van der Waals surface area contributed by atoms with Gasteiger partial charge in [0.05, 0.1) is 6.61 Å². The lowest BCUT2D eigenvalue weighted by atomic mass is 10.2. The number of carbonyl (C=O) groups excluding carboxylic acids is 1. The van der Waals surface area contributed by atoms with Gasteiger partial charge in [0.1, 0.15) is 5.69 Å². The summed E-state index contributed by atoms with van der Waals surface area (Å²) in [7, 11) is 1.53. The second-order valence-electron chi connectivity index (χ2n) is 3.52. The number of carbonyl (C=O) groups is 1. The van der Waals surface area contributed by atoms with Crippen LogP contribution in [0.15, 0.2) is 0 Å². The van der Waals surface area contributed by atoms with Crippen LogP contribution >= 0.6 is 0 Å². The lowest BCUT2D eigenvalue weighted by molar-refractivity contribution is 0.109. The van der Waals surface area contributed by atoms with E-state index in [0.29, 0.717) is 6.61 Å². The van der Waals surface area contributed by atoms with E-state index in [1.807, 2.05) is 6.92 Å². The average molecular weight is 233 g/mol. The Labute approximate surface area is 91.4 Å². The molecule has 0 aliphatic carbocycles. The number of halogens is 2. The predicted octanol–water partition coefficient (Wildman–Crippen LogP) is 1.31. The largest absolute Gasteiger partial charge is 0.384 e. The average Bonchev–Trinajstić information content (AvgIpc) is 2.61. The van der Waals surface area contributed by atoms with E-state index in [2.05, 4.69) is 10.3 Å². The summed E-state index contributed by atoms with van der Waals surface area (Å²) in [6, 6.07) is 0. The van der Waals surface area contributed by atoms with Crippen molar-refractivity contribution < 1.29 is 18.3 Å². The van der Waals surface area contributed by atoms with Gasteiger partial charge in [-0.05, 0) is 5.92 Å². The first-order chi connectivity index (χ1) is 7.60. The van der Waals surface area contributed by atoms with Gasteiger partial charge in [-0.3, -0.25) is 4.79 Å². The van der Waals surface area contributed by atoms with E-state index in [0.717, 1.165) is 4.68 Å². The van der Waals surface area contributed by atoms with Crippen LogP contribution in [-0.2, 0) is 11.3 Å². The summed E-state index contributed by atoms with van der Waals surface area (Å²) in [6.45, 7) is 2.51. The van der Waals surface area contributed by atoms with Gasteiger partial charge >= 0.3 is 0 Å². The summed E-state index contributed by atoms with van der Waals surface area (Å²) in [5.41, 5.74) is -0.738. The van der Waals surface area contributed by atoms with Crippen molar-refractivity contribution in [2.45, 2.75) is 19.9 Å². The molecular formula is C9H13F2N3O2. The lowest BCUT2D eigenvalue weighted by Crippen LogP contribution is -2.16. The van der Waals surface area contributed by atoms with Gasteiger partial charge in [0.15, 0.2) is 12.0 Å². The van der Waals surface area contributed by atoms with E-state index in [1.165, 1.54) is 7.11 Å². The molecule has 7 heteroatoms. The van der Waals surface area contributed by atoms with Crippen molar-refractivity contribution in [2.24, 2.45) is 5.92 Å². The number of aldehydes is 1. The van der Waals surface area contributed by atoms with Gasteiger partial charge < -0.3 is 4.74 Å². The van der Waals surface area contributed by atoms with Gasteiger partial charge in [0.25, 0.3) is 6.43 Å². The number of nitrogens with zero attached hydrogens (tertiary/aromatic N) is 3. The number of hydrogen-bond acceptors (Lipinski definition) is 4. The van der Waals surface area contributed by atoms with Crippen molar-refractivity contribution in [1.82, 2.24) is 15.0 Å². The topological polar surface area (TPSA) is 57.0 Å². The molecule has 1 aromatic rings. The third-order valence-electron chi connectivity index (χ3n) is 2.06. The molecule has 0 fully saturated rings. The molecule has 1 aromatic heterocycles. The Morgan fingerprint density at radius 3 is 2.75 bits per heavy atom. The van der Waals surface area contributed by atoms with E-state index in [4.69, 9.17) is 4.74 Å². The van der Waals surface area contributed by atoms with Crippen LogP contribution in [0, 0.1) is 5.92 Å². The van der Waals surface area contributed by atoms with Crippen LogP contribution in [-0.4, -0.2) is 35.0 Å². The van der Waals surface area contributed by atoms with Crippen molar-refractivity contribution in [1.29, 1.82) is 0 Å². The number of alkyl halides is 2. The minimum absolute atomic E-state index is 0.0173. The quantitative estimate of drug-likeness (QED) is 0.695. The molecule has 0 aromatic carbocycles. The van der Waals surface area contributed by atoms with Gasteiger partial charge in [0.2, 0.25) is 0 Å². The Morgan fingerprint density at radius 2 is 2.25 bits per heavy atom. The van der Waals surface area contributed by atoms with Crippen molar-refractivity contribution in [2.75, 3.05) is 13.7 Å². The number of methoxy groups -OCH3 is 1. The highest BCUT2D eigenvalue weighted by Crippen LogP contribution is 2.21. The maximum absolute atomic E-state index is 12.7. The molecule has 5 nitrogen and oxygen atoms in total. The fourth-order valence-electron chi connectivity index (χ4n) is 1.41. The minimum atomic E-state index is -2.76. The summed E-state index contributed by atoms with van der Waals surface area (Å²) in [5.74, 6) is 0.0173. The maximum Gasteiger partial charge on any atom is 0.282 e. The SMILES string of the molecule is COCC(C)Cn1nnc(C=O)c1C(F)F. The van der Waals surface area contributed by atoms with Crippen LogP contribution in [0.25, 0.3) is 0 Å². The molecule has 0 spiro atoms. The third-order valence-corrected chi connectivity index (χ3v) is 2.06. The van der Waals surface area contributed by atoms with Crippen LogP contribution in [0.4, 0.5) is 8.78 Å². The number of aromatic nitrogens is 3. The maximum atomic E-state index is 12.7. The van der Waals surface area contributed by atoms with Crippen LogP contribution in [0.1, 0.15) is 29.5 Å². The molecular weight excluding hydrogens is 220 g/mol. The minimum Gasteiger partial charge on any atom is -0.384 e. The Morgan fingerprint density at radius 1 is 1.56 bits per heavy atom. The molecule has 0 aliphatic heterocycles. The van der Waals surface area contributed by atoms with E-state index < -0.39 is 12.1 Å². The summed E-state index contributed by atoms with van der Waals surface area (Å²) in [6.07, 6.45) is -2.48. The molecule has 0 saturated heterocycles. The Balaban J connectivity index is 2.87. The molecule has 16 heavy (non-hydrogen) atoms. The predicted molar refractivity (Wildman–Crippen MR) is 51.4 cm³/mol. The molecule has 1 atom stereocenters. The zero-order valence-corrected chi connectivity index (χ0v) is 9.06. The fraction of sp³-hybridized carbons (Fsp3) is 0.667. The summed E-state index contributed by atoms with van der Waals surface area (Å²) < 4.78 is 31.3. The monoisotopic (exact) mass is 233 g/mol. The Bertz CT molecular complexity index is 355. The van der Waals surface area contributed by atoms with Gasteiger partial charge in [-0.2, -0.15) is 0 Å². The number of rotatable bonds is 6. The van der Waals surface area contributed by atoms with Crippen LogP contribution in [0.5, 0.6) is 0 Å². The second-order valence-corrected chi connectivity index (χ2v) is 3.52. The highest BCUT2D eigenvalue weighted by molar-refractivity contribution is 5.73. The molecule has 0 bridgehead atoms. The smallest absolute Gasteiger partial charge is 0.282 e. The van der Waals surface area contributed by atoms with Gasteiger partial charge in [-0.1, -0.05) is 12.1 Å². The number of hydrogen-bond donors (Lipinski definition) is 0. The van der Waals surface area contributed by atoms with Crippen molar-refractivity contribution >= 4 is 6.29 Å². The van der Waals surface area contributed by atoms with Gasteiger partial charge in [-0.15, -0.1) is 5.10 Å². The molecule has 0 radical (unpaired) electrons. The Hall–Kier alpha value is -1.37. The van der Waals surface area contributed by atoms with E-state index in [1.54, 1.807) is 0 Å². The van der Waals surface area contributed by atoms with Crippen molar-refractivity contribution in [3.63, 3.8) is 0 Å². The third kappa shape index (κ3) is 2.82. The summed E-state index contributed by atoms with van der Waals surface area (Å²) in [5, 5.41) is 6.92. The van der Waals surface area contributed by atoms with Crippen molar-refractivity contribution in [3.8, 4) is 0 Å². The molecule has 1 heterocycles.